The first-order valence-electron chi connectivity index (χ1n) is 5.09. The quantitative estimate of drug-likeness (QED) is 0.763. The van der Waals surface area contributed by atoms with E-state index < -0.39 is 0 Å². The van der Waals surface area contributed by atoms with Crippen LogP contribution in [0.3, 0.4) is 0 Å². The molecule has 1 aromatic carbocycles. The molecule has 2 rings (SSSR count). The van der Waals surface area contributed by atoms with E-state index in [1.165, 1.54) is 0 Å². The van der Waals surface area contributed by atoms with Crippen molar-refractivity contribution in [1.82, 2.24) is 4.98 Å². The second-order valence-electron chi connectivity index (χ2n) is 3.61. The largest absolute Gasteiger partial charge is 0.495 e. The minimum Gasteiger partial charge on any atom is -0.495 e. The van der Waals surface area contributed by atoms with E-state index in [1.54, 1.807) is 7.11 Å². The number of nitrogens with zero attached hydrogens (tertiary/aromatic N) is 1. The third kappa shape index (κ3) is 2.45. The Labute approximate surface area is 114 Å². The van der Waals surface area contributed by atoms with Gasteiger partial charge in [0.1, 0.15) is 10.9 Å². The molecule has 0 saturated heterocycles. The molecule has 1 aromatic heterocycles. The average Bonchev–Trinajstić information content (AvgIpc) is 2.29. The number of benzene rings is 1. The Bertz CT molecular complexity index is 557. The SMILES string of the molecule is COc1c(Br)cccc1-c1ccc(C)nc1Cl. The van der Waals surface area contributed by atoms with Gasteiger partial charge in [0, 0.05) is 16.8 Å². The van der Waals surface area contributed by atoms with Gasteiger partial charge in [-0.05, 0) is 41.1 Å². The molecule has 0 radical (unpaired) electrons. The first-order chi connectivity index (χ1) is 8.13. The third-order valence-electron chi connectivity index (χ3n) is 2.45. The van der Waals surface area contributed by atoms with Crippen molar-refractivity contribution in [2.45, 2.75) is 6.92 Å². The Kier molecular flexibility index (Phi) is 3.69. The number of rotatable bonds is 2. The van der Waals surface area contributed by atoms with Gasteiger partial charge in [0.2, 0.25) is 0 Å². The fourth-order valence-electron chi connectivity index (χ4n) is 1.65. The summed E-state index contributed by atoms with van der Waals surface area (Å²) in [5.74, 6) is 0.764. The van der Waals surface area contributed by atoms with Crippen LogP contribution in [0.2, 0.25) is 5.15 Å². The van der Waals surface area contributed by atoms with Gasteiger partial charge in [0.15, 0.2) is 0 Å². The van der Waals surface area contributed by atoms with Crippen molar-refractivity contribution in [3.63, 3.8) is 0 Å². The molecule has 0 bridgehead atoms. The summed E-state index contributed by atoms with van der Waals surface area (Å²) in [4.78, 5) is 4.25. The topological polar surface area (TPSA) is 22.1 Å². The first kappa shape index (κ1) is 12.4. The summed E-state index contributed by atoms with van der Waals surface area (Å²) in [6, 6.07) is 9.72. The number of ether oxygens (including phenoxy) is 1. The number of aryl methyl sites for hydroxylation is 1. The predicted octanol–water partition coefficient (Wildman–Crippen LogP) is 4.48. The lowest BCUT2D eigenvalue weighted by atomic mass is 10.1. The monoisotopic (exact) mass is 311 g/mol. The van der Waals surface area contributed by atoms with E-state index in [0.29, 0.717) is 5.15 Å². The number of hydrogen-bond donors (Lipinski definition) is 0. The van der Waals surface area contributed by atoms with Gasteiger partial charge < -0.3 is 4.74 Å². The van der Waals surface area contributed by atoms with Crippen molar-refractivity contribution in [3.8, 4) is 16.9 Å². The van der Waals surface area contributed by atoms with Crippen LogP contribution in [0.4, 0.5) is 0 Å². The average molecular weight is 313 g/mol. The van der Waals surface area contributed by atoms with Crippen molar-refractivity contribution in [2.75, 3.05) is 7.11 Å². The van der Waals surface area contributed by atoms with Crippen LogP contribution >= 0.6 is 27.5 Å². The van der Waals surface area contributed by atoms with Crippen molar-refractivity contribution < 1.29 is 4.74 Å². The van der Waals surface area contributed by atoms with Gasteiger partial charge in [0.05, 0.1) is 11.6 Å². The molecule has 2 aromatic rings. The highest BCUT2D eigenvalue weighted by atomic mass is 79.9. The lowest BCUT2D eigenvalue weighted by molar-refractivity contribution is 0.414. The van der Waals surface area contributed by atoms with E-state index in [1.807, 2.05) is 37.3 Å². The molecule has 0 atom stereocenters. The number of pyridine rings is 1. The molecule has 1 heterocycles. The Morgan fingerprint density at radius 2 is 1.94 bits per heavy atom. The predicted molar refractivity (Wildman–Crippen MR) is 73.7 cm³/mol. The fraction of sp³-hybridized carbons (Fsp3) is 0.154. The lowest BCUT2D eigenvalue weighted by Crippen LogP contribution is -1.91. The first-order valence-corrected chi connectivity index (χ1v) is 6.26. The molecule has 88 valence electrons. The Hall–Kier alpha value is -1.06. The fourth-order valence-corrected chi connectivity index (χ4v) is 2.48. The van der Waals surface area contributed by atoms with E-state index in [9.17, 15) is 0 Å². The van der Waals surface area contributed by atoms with E-state index in [-0.39, 0.29) is 0 Å². The summed E-state index contributed by atoms with van der Waals surface area (Å²) in [5.41, 5.74) is 2.70. The van der Waals surface area contributed by atoms with Gasteiger partial charge in [0.25, 0.3) is 0 Å². The van der Waals surface area contributed by atoms with Crippen molar-refractivity contribution in [2.24, 2.45) is 0 Å². The Morgan fingerprint density at radius 3 is 2.59 bits per heavy atom. The van der Waals surface area contributed by atoms with Gasteiger partial charge in [-0.3, -0.25) is 0 Å². The van der Waals surface area contributed by atoms with Crippen LogP contribution in [-0.4, -0.2) is 12.1 Å². The van der Waals surface area contributed by atoms with Gasteiger partial charge in [-0.1, -0.05) is 23.7 Å². The molecular weight excluding hydrogens is 302 g/mol. The molecular formula is C13H11BrClNO. The maximum atomic E-state index is 6.16. The van der Waals surface area contributed by atoms with Crippen molar-refractivity contribution in [3.05, 3.63) is 45.7 Å². The highest BCUT2D eigenvalue weighted by Crippen LogP contribution is 2.38. The molecule has 0 aliphatic heterocycles. The number of para-hydroxylation sites is 1. The molecule has 0 aliphatic rings. The van der Waals surface area contributed by atoms with Crippen molar-refractivity contribution >= 4 is 27.5 Å². The van der Waals surface area contributed by atoms with Crippen LogP contribution in [0.1, 0.15) is 5.69 Å². The Balaban J connectivity index is 2.64. The minimum absolute atomic E-state index is 0.487. The second kappa shape index (κ2) is 5.07. The van der Waals surface area contributed by atoms with Crippen molar-refractivity contribution in [1.29, 1.82) is 0 Å². The lowest BCUT2D eigenvalue weighted by Gasteiger charge is -2.11. The molecule has 4 heteroatoms. The maximum absolute atomic E-state index is 6.16. The molecule has 0 spiro atoms. The second-order valence-corrected chi connectivity index (χ2v) is 4.82. The third-order valence-corrected chi connectivity index (χ3v) is 3.36. The maximum Gasteiger partial charge on any atom is 0.140 e. The number of hydrogen-bond acceptors (Lipinski definition) is 2. The standard InChI is InChI=1S/C13H11BrClNO/c1-8-6-7-10(13(15)16-8)9-4-3-5-11(14)12(9)17-2/h3-7H,1-2H3. The van der Waals surface area contributed by atoms with Crippen LogP contribution in [-0.2, 0) is 0 Å². The summed E-state index contributed by atoms with van der Waals surface area (Å²) in [6.07, 6.45) is 0. The summed E-state index contributed by atoms with van der Waals surface area (Å²) in [5, 5.41) is 0.487. The summed E-state index contributed by atoms with van der Waals surface area (Å²) in [7, 11) is 1.64. The van der Waals surface area contributed by atoms with Crippen LogP contribution in [0.25, 0.3) is 11.1 Å². The molecule has 0 amide bonds. The van der Waals surface area contributed by atoms with Crippen LogP contribution < -0.4 is 4.74 Å². The van der Waals surface area contributed by atoms with Crippen LogP contribution in [0, 0.1) is 6.92 Å². The molecule has 0 aliphatic carbocycles. The molecule has 0 N–H and O–H groups in total. The van der Waals surface area contributed by atoms with Gasteiger partial charge in [-0.2, -0.15) is 0 Å². The molecule has 17 heavy (non-hydrogen) atoms. The van der Waals surface area contributed by atoms with Crippen LogP contribution in [0.15, 0.2) is 34.8 Å². The Morgan fingerprint density at radius 1 is 1.18 bits per heavy atom. The zero-order chi connectivity index (χ0) is 12.4. The van der Waals surface area contributed by atoms with Gasteiger partial charge in [-0.25, -0.2) is 4.98 Å². The van der Waals surface area contributed by atoms with E-state index in [2.05, 4.69) is 20.9 Å². The van der Waals surface area contributed by atoms with E-state index >= 15 is 0 Å². The highest BCUT2D eigenvalue weighted by Gasteiger charge is 2.12. The van der Waals surface area contributed by atoms with Gasteiger partial charge >= 0.3 is 0 Å². The number of halogens is 2. The molecule has 0 saturated carbocycles. The smallest absolute Gasteiger partial charge is 0.140 e. The zero-order valence-electron chi connectivity index (χ0n) is 9.50. The summed E-state index contributed by atoms with van der Waals surface area (Å²) < 4.78 is 6.28. The summed E-state index contributed by atoms with van der Waals surface area (Å²) in [6.45, 7) is 1.91. The number of methoxy groups -OCH3 is 1. The zero-order valence-corrected chi connectivity index (χ0v) is 11.8. The highest BCUT2D eigenvalue weighted by molar-refractivity contribution is 9.10. The molecule has 2 nitrogen and oxygen atoms in total. The minimum atomic E-state index is 0.487. The number of aromatic nitrogens is 1. The van der Waals surface area contributed by atoms with Crippen LogP contribution in [0.5, 0.6) is 5.75 Å². The van der Waals surface area contributed by atoms with E-state index in [4.69, 9.17) is 16.3 Å². The molecule has 0 fully saturated rings. The van der Waals surface area contributed by atoms with E-state index in [0.717, 1.165) is 27.0 Å². The van der Waals surface area contributed by atoms with Gasteiger partial charge in [-0.15, -0.1) is 0 Å². The normalized spacial score (nSPS) is 10.4. The summed E-state index contributed by atoms with van der Waals surface area (Å²) >= 11 is 9.62. The molecule has 0 unspecified atom stereocenters.